The number of aryl methyl sites for hydroxylation is 1. The summed E-state index contributed by atoms with van der Waals surface area (Å²) in [7, 11) is 0. The van der Waals surface area contributed by atoms with Crippen molar-refractivity contribution in [1.82, 2.24) is 0 Å². The van der Waals surface area contributed by atoms with E-state index in [2.05, 4.69) is 29.8 Å². The van der Waals surface area contributed by atoms with Gasteiger partial charge in [0.05, 0.1) is 11.1 Å². The number of esters is 1. The maximum Gasteiger partial charge on any atom is 0.339 e. The van der Waals surface area contributed by atoms with E-state index in [4.69, 9.17) is 4.74 Å². The normalized spacial score (nSPS) is 12.3. The van der Waals surface area contributed by atoms with Crippen LogP contribution in [0.4, 0.5) is 0 Å². The van der Waals surface area contributed by atoms with Crippen molar-refractivity contribution < 1.29 is 19.4 Å². The quantitative estimate of drug-likeness (QED) is 0.698. The molecule has 1 N–H and O–H groups in total. The monoisotopic (exact) mass is 370 g/mol. The molecule has 0 radical (unpaired) electrons. The van der Waals surface area contributed by atoms with Crippen LogP contribution in [0.3, 0.4) is 0 Å². The molecule has 1 unspecified atom stereocenters. The number of aromatic carboxylic acids is 1. The second kappa shape index (κ2) is 8.32. The summed E-state index contributed by atoms with van der Waals surface area (Å²) in [4.78, 5) is 23.7. The lowest BCUT2D eigenvalue weighted by Crippen LogP contribution is -2.20. The molecule has 1 atom stereocenters. The first-order valence-corrected chi connectivity index (χ1v) is 8.29. The average molecular weight is 371 g/mol. The van der Waals surface area contributed by atoms with E-state index in [9.17, 15) is 14.7 Å². The van der Waals surface area contributed by atoms with E-state index in [1.807, 2.05) is 6.92 Å². The molecule has 0 aliphatic carbocycles. The minimum atomic E-state index is -1.13. The molecular formula is C17H23BrO4. The van der Waals surface area contributed by atoms with Crippen LogP contribution < -0.4 is 0 Å². The lowest BCUT2D eigenvalue weighted by molar-refractivity contribution is 0.0255. The highest BCUT2D eigenvalue weighted by atomic mass is 79.9. The van der Waals surface area contributed by atoms with Crippen LogP contribution in [0.2, 0.25) is 0 Å². The maximum atomic E-state index is 12.3. The third-order valence-electron chi connectivity index (χ3n) is 3.54. The number of hydrogen-bond donors (Lipinski definition) is 1. The lowest BCUT2D eigenvalue weighted by atomic mass is 10.0. The molecule has 4 nitrogen and oxygen atoms in total. The molecule has 1 aromatic carbocycles. The van der Waals surface area contributed by atoms with Crippen LogP contribution in [0, 0.1) is 12.8 Å². The SMILES string of the molecule is CCC(CCC(C)C)OC(=O)c1cc(Br)c(C)cc1C(=O)O. The molecule has 5 heteroatoms. The number of carboxylic acids is 1. The molecule has 0 amide bonds. The molecule has 0 heterocycles. The Kier molecular flexibility index (Phi) is 7.07. The Hall–Kier alpha value is -1.36. The summed E-state index contributed by atoms with van der Waals surface area (Å²) < 4.78 is 6.19. The van der Waals surface area contributed by atoms with Gasteiger partial charge in [0.15, 0.2) is 0 Å². The van der Waals surface area contributed by atoms with Crippen molar-refractivity contribution in [3.63, 3.8) is 0 Å². The van der Waals surface area contributed by atoms with Crippen molar-refractivity contribution in [3.05, 3.63) is 33.3 Å². The zero-order chi connectivity index (χ0) is 16.9. The van der Waals surface area contributed by atoms with Crippen molar-refractivity contribution in [1.29, 1.82) is 0 Å². The molecule has 1 aromatic rings. The van der Waals surface area contributed by atoms with E-state index >= 15 is 0 Å². The van der Waals surface area contributed by atoms with Crippen molar-refractivity contribution in [2.45, 2.75) is 53.1 Å². The Bertz CT molecular complexity index is 552. The molecule has 0 spiro atoms. The largest absolute Gasteiger partial charge is 0.478 e. The average Bonchev–Trinajstić information content (AvgIpc) is 2.45. The van der Waals surface area contributed by atoms with Gasteiger partial charge in [-0.25, -0.2) is 9.59 Å². The Morgan fingerprint density at radius 3 is 2.36 bits per heavy atom. The number of rotatable bonds is 7. The zero-order valence-corrected chi connectivity index (χ0v) is 15.1. The van der Waals surface area contributed by atoms with E-state index < -0.39 is 11.9 Å². The lowest BCUT2D eigenvalue weighted by Gasteiger charge is -2.18. The van der Waals surface area contributed by atoms with E-state index in [1.54, 1.807) is 6.92 Å². The molecule has 0 aliphatic rings. The van der Waals surface area contributed by atoms with Crippen LogP contribution in [0.15, 0.2) is 16.6 Å². The predicted molar refractivity (Wildman–Crippen MR) is 89.4 cm³/mol. The fourth-order valence-electron chi connectivity index (χ4n) is 2.11. The van der Waals surface area contributed by atoms with Crippen LogP contribution >= 0.6 is 15.9 Å². The van der Waals surface area contributed by atoms with Gasteiger partial charge >= 0.3 is 11.9 Å². The van der Waals surface area contributed by atoms with Crippen molar-refractivity contribution in [2.24, 2.45) is 5.92 Å². The first-order valence-electron chi connectivity index (χ1n) is 7.50. The smallest absolute Gasteiger partial charge is 0.339 e. The van der Waals surface area contributed by atoms with Crippen LogP contribution in [0.25, 0.3) is 0 Å². The molecule has 122 valence electrons. The second-order valence-corrected chi connectivity index (χ2v) is 6.71. The summed E-state index contributed by atoms with van der Waals surface area (Å²) in [5.41, 5.74) is 0.832. The Morgan fingerprint density at radius 2 is 1.86 bits per heavy atom. The fourth-order valence-corrected chi connectivity index (χ4v) is 2.45. The molecule has 0 aromatic heterocycles. The highest BCUT2D eigenvalue weighted by Crippen LogP contribution is 2.23. The van der Waals surface area contributed by atoms with Gasteiger partial charge in [-0.2, -0.15) is 0 Å². The number of hydrogen-bond acceptors (Lipinski definition) is 3. The summed E-state index contributed by atoms with van der Waals surface area (Å²) in [6.07, 6.45) is 2.29. The van der Waals surface area contributed by atoms with Gasteiger partial charge in [0.1, 0.15) is 6.10 Å². The Labute approximate surface area is 140 Å². The molecule has 0 saturated heterocycles. The van der Waals surface area contributed by atoms with Gasteiger partial charge < -0.3 is 9.84 Å². The molecule has 0 bridgehead atoms. The topological polar surface area (TPSA) is 63.6 Å². The maximum absolute atomic E-state index is 12.3. The summed E-state index contributed by atoms with van der Waals surface area (Å²) in [5, 5.41) is 9.27. The van der Waals surface area contributed by atoms with Gasteiger partial charge in [0.25, 0.3) is 0 Å². The molecule has 0 fully saturated rings. The van der Waals surface area contributed by atoms with Gasteiger partial charge in [0.2, 0.25) is 0 Å². The minimum Gasteiger partial charge on any atom is -0.478 e. The number of benzene rings is 1. The molecule has 0 aliphatic heterocycles. The van der Waals surface area contributed by atoms with Crippen LogP contribution in [-0.4, -0.2) is 23.1 Å². The standard InChI is InChI=1S/C17H23BrO4/c1-5-12(7-6-10(2)3)22-17(21)14-9-15(18)11(4)8-13(14)16(19)20/h8-10,12H,5-7H2,1-4H3,(H,19,20). The van der Waals surface area contributed by atoms with E-state index in [0.29, 0.717) is 16.8 Å². The summed E-state index contributed by atoms with van der Waals surface area (Å²) in [6.45, 7) is 7.98. The number of carbonyl (C=O) groups is 2. The first-order chi connectivity index (χ1) is 10.3. The highest BCUT2D eigenvalue weighted by Gasteiger charge is 2.22. The van der Waals surface area contributed by atoms with Gasteiger partial charge in [-0.05, 0) is 49.8 Å². The van der Waals surface area contributed by atoms with Gasteiger partial charge in [-0.15, -0.1) is 0 Å². The van der Waals surface area contributed by atoms with Crippen LogP contribution in [0.5, 0.6) is 0 Å². The van der Waals surface area contributed by atoms with Crippen molar-refractivity contribution >= 4 is 27.9 Å². The molecule has 22 heavy (non-hydrogen) atoms. The number of carbonyl (C=O) groups excluding carboxylic acids is 1. The van der Waals surface area contributed by atoms with E-state index in [1.165, 1.54) is 12.1 Å². The third-order valence-corrected chi connectivity index (χ3v) is 4.40. The molecular weight excluding hydrogens is 348 g/mol. The predicted octanol–water partition coefficient (Wildman–Crippen LogP) is 4.83. The molecule has 1 rings (SSSR count). The van der Waals surface area contributed by atoms with Crippen molar-refractivity contribution in [3.8, 4) is 0 Å². The van der Waals surface area contributed by atoms with Crippen molar-refractivity contribution in [2.75, 3.05) is 0 Å². The van der Waals surface area contributed by atoms with Crippen LogP contribution in [-0.2, 0) is 4.74 Å². The van der Waals surface area contributed by atoms with Gasteiger partial charge in [-0.1, -0.05) is 36.7 Å². The Balaban J connectivity index is 2.96. The highest BCUT2D eigenvalue weighted by molar-refractivity contribution is 9.10. The zero-order valence-electron chi connectivity index (χ0n) is 13.5. The second-order valence-electron chi connectivity index (χ2n) is 5.86. The molecule has 0 saturated carbocycles. The minimum absolute atomic E-state index is 0.0237. The summed E-state index contributed by atoms with van der Waals surface area (Å²) >= 11 is 3.33. The third kappa shape index (κ3) is 5.13. The van der Waals surface area contributed by atoms with Gasteiger partial charge in [-0.3, -0.25) is 0 Å². The summed E-state index contributed by atoms with van der Waals surface area (Å²) in [6, 6.07) is 3.01. The van der Waals surface area contributed by atoms with E-state index in [0.717, 1.165) is 18.4 Å². The number of ether oxygens (including phenoxy) is 1. The number of carboxylic acid groups (broad SMARTS) is 1. The summed E-state index contributed by atoms with van der Waals surface area (Å²) in [5.74, 6) is -1.16. The van der Waals surface area contributed by atoms with E-state index in [-0.39, 0.29) is 17.2 Å². The Morgan fingerprint density at radius 1 is 1.23 bits per heavy atom. The van der Waals surface area contributed by atoms with Gasteiger partial charge in [0, 0.05) is 4.47 Å². The fraction of sp³-hybridized carbons (Fsp3) is 0.529. The first kappa shape index (κ1) is 18.7. The van der Waals surface area contributed by atoms with Crippen LogP contribution in [0.1, 0.15) is 66.3 Å². The number of halogens is 1.